The summed E-state index contributed by atoms with van der Waals surface area (Å²) in [5, 5.41) is 2.10. The second kappa shape index (κ2) is 8.17. The van der Waals surface area contributed by atoms with E-state index in [2.05, 4.69) is 22.4 Å². The number of nitrogens with zero attached hydrogens (tertiary/aromatic N) is 2. The molecule has 128 valence electrons. The van der Waals surface area contributed by atoms with E-state index in [0.29, 0.717) is 5.75 Å². The maximum atomic E-state index is 12.3. The van der Waals surface area contributed by atoms with Gasteiger partial charge in [-0.25, -0.2) is 0 Å². The molecule has 0 bridgehead atoms. The molecular weight excluding hydrogens is 324 g/mol. The summed E-state index contributed by atoms with van der Waals surface area (Å²) >= 11 is 1.78. The Hall–Kier alpha value is -2.05. The number of piperazine rings is 1. The standard InChI is InChI=1S/C18H22N2O3S/c1-22-15-4-2-5-16(12-15)23-14-18(21)20-9-7-19(8-10-20)13-17-6-3-11-24-17/h2-6,11-12H,7-10,13-14H2,1H3. The highest BCUT2D eigenvalue weighted by atomic mass is 32.1. The number of rotatable bonds is 6. The minimum atomic E-state index is 0.0357. The zero-order valence-electron chi connectivity index (χ0n) is 13.8. The molecule has 1 amide bonds. The molecule has 1 aromatic carbocycles. The van der Waals surface area contributed by atoms with Gasteiger partial charge >= 0.3 is 0 Å². The molecule has 0 radical (unpaired) electrons. The van der Waals surface area contributed by atoms with Gasteiger partial charge in [-0.3, -0.25) is 9.69 Å². The van der Waals surface area contributed by atoms with Crippen LogP contribution in [-0.4, -0.2) is 55.6 Å². The average Bonchev–Trinajstić information content (AvgIpc) is 3.13. The SMILES string of the molecule is COc1cccc(OCC(=O)N2CCN(Cc3cccs3)CC2)c1. The predicted octanol–water partition coefficient (Wildman–Crippen LogP) is 2.48. The van der Waals surface area contributed by atoms with Crippen LogP contribution in [0.1, 0.15) is 4.88 Å². The van der Waals surface area contributed by atoms with Gasteiger partial charge in [0.05, 0.1) is 7.11 Å². The molecule has 1 aromatic heterocycles. The van der Waals surface area contributed by atoms with Crippen LogP contribution in [0, 0.1) is 0 Å². The van der Waals surface area contributed by atoms with Gasteiger partial charge in [0.25, 0.3) is 5.91 Å². The minimum absolute atomic E-state index is 0.0357. The van der Waals surface area contributed by atoms with Gasteiger partial charge < -0.3 is 14.4 Å². The fourth-order valence-corrected chi connectivity index (χ4v) is 3.45. The van der Waals surface area contributed by atoms with Crippen LogP contribution < -0.4 is 9.47 Å². The Morgan fingerprint density at radius 2 is 1.92 bits per heavy atom. The lowest BCUT2D eigenvalue weighted by Gasteiger charge is -2.34. The van der Waals surface area contributed by atoms with Crippen molar-refractivity contribution in [2.75, 3.05) is 39.9 Å². The summed E-state index contributed by atoms with van der Waals surface area (Å²) in [7, 11) is 1.61. The second-order valence-electron chi connectivity index (χ2n) is 5.70. The van der Waals surface area contributed by atoms with Crippen LogP contribution in [0.15, 0.2) is 41.8 Å². The van der Waals surface area contributed by atoms with Crippen molar-refractivity contribution in [3.8, 4) is 11.5 Å². The van der Waals surface area contributed by atoms with Gasteiger partial charge in [0.2, 0.25) is 0 Å². The van der Waals surface area contributed by atoms with E-state index < -0.39 is 0 Å². The minimum Gasteiger partial charge on any atom is -0.497 e. The molecule has 2 aromatic rings. The number of carbonyl (C=O) groups excluding carboxylic acids is 1. The Labute approximate surface area is 146 Å². The molecule has 1 fully saturated rings. The van der Waals surface area contributed by atoms with E-state index in [4.69, 9.17) is 9.47 Å². The van der Waals surface area contributed by atoms with E-state index >= 15 is 0 Å². The van der Waals surface area contributed by atoms with Crippen LogP contribution in [0.5, 0.6) is 11.5 Å². The molecule has 3 rings (SSSR count). The second-order valence-corrected chi connectivity index (χ2v) is 6.74. The topological polar surface area (TPSA) is 42.0 Å². The van der Waals surface area contributed by atoms with Gasteiger partial charge in [-0.1, -0.05) is 12.1 Å². The lowest BCUT2D eigenvalue weighted by molar-refractivity contribution is -0.135. The summed E-state index contributed by atoms with van der Waals surface area (Å²) in [4.78, 5) is 17.9. The molecule has 0 N–H and O–H groups in total. The van der Waals surface area contributed by atoms with E-state index in [9.17, 15) is 4.79 Å². The summed E-state index contributed by atoms with van der Waals surface area (Å²) in [6.07, 6.45) is 0. The van der Waals surface area contributed by atoms with Crippen molar-refractivity contribution in [3.05, 3.63) is 46.7 Å². The highest BCUT2D eigenvalue weighted by Gasteiger charge is 2.21. The molecule has 0 saturated carbocycles. The Balaban J connectivity index is 1.43. The molecule has 1 aliphatic heterocycles. The van der Waals surface area contributed by atoms with Crippen molar-refractivity contribution in [2.24, 2.45) is 0 Å². The van der Waals surface area contributed by atoms with Crippen molar-refractivity contribution in [1.82, 2.24) is 9.80 Å². The third-order valence-electron chi connectivity index (χ3n) is 4.09. The Kier molecular flexibility index (Phi) is 5.72. The van der Waals surface area contributed by atoms with Crippen molar-refractivity contribution >= 4 is 17.2 Å². The van der Waals surface area contributed by atoms with Crippen molar-refractivity contribution in [2.45, 2.75) is 6.54 Å². The summed E-state index contributed by atoms with van der Waals surface area (Å²) in [5.74, 6) is 1.41. The summed E-state index contributed by atoms with van der Waals surface area (Å²) in [5.41, 5.74) is 0. The zero-order chi connectivity index (χ0) is 16.8. The lowest BCUT2D eigenvalue weighted by Crippen LogP contribution is -2.49. The van der Waals surface area contributed by atoms with E-state index in [1.165, 1.54) is 4.88 Å². The van der Waals surface area contributed by atoms with Crippen LogP contribution in [0.3, 0.4) is 0 Å². The van der Waals surface area contributed by atoms with E-state index in [1.807, 2.05) is 23.1 Å². The Morgan fingerprint density at radius 3 is 2.62 bits per heavy atom. The third kappa shape index (κ3) is 4.49. The fourth-order valence-electron chi connectivity index (χ4n) is 2.71. The van der Waals surface area contributed by atoms with Crippen molar-refractivity contribution in [1.29, 1.82) is 0 Å². The number of amides is 1. The van der Waals surface area contributed by atoms with E-state index in [0.717, 1.165) is 38.5 Å². The molecule has 2 heterocycles. The highest BCUT2D eigenvalue weighted by molar-refractivity contribution is 7.09. The molecule has 1 aliphatic rings. The molecule has 0 atom stereocenters. The number of benzene rings is 1. The summed E-state index contributed by atoms with van der Waals surface area (Å²) < 4.78 is 10.7. The Bertz CT molecular complexity index is 652. The summed E-state index contributed by atoms with van der Waals surface area (Å²) in [6, 6.07) is 11.5. The van der Waals surface area contributed by atoms with E-state index in [-0.39, 0.29) is 12.5 Å². The Morgan fingerprint density at radius 1 is 1.12 bits per heavy atom. The van der Waals surface area contributed by atoms with Crippen LogP contribution in [0.2, 0.25) is 0 Å². The highest BCUT2D eigenvalue weighted by Crippen LogP contribution is 2.19. The van der Waals surface area contributed by atoms with Crippen LogP contribution in [-0.2, 0) is 11.3 Å². The predicted molar refractivity (Wildman–Crippen MR) is 94.7 cm³/mol. The van der Waals surface area contributed by atoms with Gasteiger partial charge in [0.15, 0.2) is 6.61 Å². The first-order valence-corrected chi connectivity index (χ1v) is 8.92. The molecule has 0 unspecified atom stereocenters. The number of carbonyl (C=O) groups is 1. The van der Waals surface area contributed by atoms with Crippen molar-refractivity contribution < 1.29 is 14.3 Å². The van der Waals surface area contributed by atoms with Crippen molar-refractivity contribution in [3.63, 3.8) is 0 Å². The molecule has 6 heteroatoms. The van der Waals surface area contributed by atoms with Gasteiger partial charge in [0, 0.05) is 43.7 Å². The third-order valence-corrected chi connectivity index (χ3v) is 4.95. The maximum Gasteiger partial charge on any atom is 0.260 e. The largest absolute Gasteiger partial charge is 0.497 e. The molecular formula is C18H22N2O3S. The van der Waals surface area contributed by atoms with Gasteiger partial charge in [-0.15, -0.1) is 11.3 Å². The first-order valence-electron chi connectivity index (χ1n) is 8.04. The number of thiophene rings is 1. The maximum absolute atomic E-state index is 12.3. The normalized spacial score (nSPS) is 15.3. The zero-order valence-corrected chi connectivity index (χ0v) is 14.6. The van der Waals surface area contributed by atoms with Gasteiger partial charge in [0.1, 0.15) is 11.5 Å². The monoisotopic (exact) mass is 346 g/mol. The lowest BCUT2D eigenvalue weighted by atomic mass is 10.3. The van der Waals surface area contributed by atoms with E-state index in [1.54, 1.807) is 24.5 Å². The average molecular weight is 346 g/mol. The molecule has 0 aliphatic carbocycles. The van der Waals surface area contributed by atoms with Crippen LogP contribution >= 0.6 is 11.3 Å². The van der Waals surface area contributed by atoms with Crippen LogP contribution in [0.25, 0.3) is 0 Å². The first-order chi connectivity index (χ1) is 11.7. The molecule has 5 nitrogen and oxygen atoms in total. The molecule has 0 spiro atoms. The van der Waals surface area contributed by atoms with Gasteiger partial charge in [-0.05, 0) is 23.6 Å². The fraction of sp³-hybridized carbons (Fsp3) is 0.389. The molecule has 24 heavy (non-hydrogen) atoms. The number of methoxy groups -OCH3 is 1. The number of hydrogen-bond acceptors (Lipinski definition) is 5. The first kappa shape index (κ1) is 16.8. The van der Waals surface area contributed by atoms with Gasteiger partial charge in [-0.2, -0.15) is 0 Å². The quantitative estimate of drug-likeness (QED) is 0.806. The number of hydrogen-bond donors (Lipinski definition) is 0. The summed E-state index contributed by atoms with van der Waals surface area (Å²) in [6.45, 7) is 4.36. The smallest absolute Gasteiger partial charge is 0.260 e. The number of ether oxygens (including phenoxy) is 2. The molecule has 1 saturated heterocycles. The van der Waals surface area contributed by atoms with Crippen LogP contribution in [0.4, 0.5) is 0 Å².